The molecule has 0 aliphatic carbocycles. The smallest absolute Gasteiger partial charge is 0.323 e. The average molecular weight is 297 g/mol. The largest absolute Gasteiger partial charge is 0.463 e. The van der Waals surface area contributed by atoms with Gasteiger partial charge in [0.2, 0.25) is 11.9 Å². The normalized spacial score (nSPS) is 12.0. The van der Waals surface area contributed by atoms with Gasteiger partial charge in [-0.1, -0.05) is 20.8 Å². The molecule has 0 radical (unpaired) electrons. The summed E-state index contributed by atoms with van der Waals surface area (Å²) in [5.41, 5.74) is 0. The van der Waals surface area contributed by atoms with Gasteiger partial charge >= 0.3 is 6.01 Å². The molecule has 1 unspecified atom stereocenters. The minimum absolute atomic E-state index is 0.135. The van der Waals surface area contributed by atoms with Gasteiger partial charge in [-0.2, -0.15) is 15.0 Å². The van der Waals surface area contributed by atoms with Gasteiger partial charge in [-0.05, 0) is 25.7 Å². The van der Waals surface area contributed by atoms with Crippen molar-refractivity contribution in [1.29, 1.82) is 0 Å². The van der Waals surface area contributed by atoms with Crippen molar-refractivity contribution in [3.8, 4) is 6.01 Å². The Balaban J connectivity index is 2.83. The van der Waals surface area contributed by atoms with E-state index in [2.05, 4.69) is 39.4 Å². The van der Waals surface area contributed by atoms with E-state index in [0.29, 0.717) is 30.9 Å². The summed E-state index contributed by atoms with van der Waals surface area (Å²) in [4.78, 5) is 12.9. The second kappa shape index (κ2) is 10.1. The lowest BCUT2D eigenvalue weighted by Gasteiger charge is -2.16. The Hall–Kier alpha value is -1.63. The van der Waals surface area contributed by atoms with Crippen LogP contribution in [0.1, 0.15) is 46.5 Å². The number of aromatic nitrogens is 3. The Morgan fingerprint density at radius 1 is 1.10 bits per heavy atom. The maximum absolute atomic E-state index is 9.06. The summed E-state index contributed by atoms with van der Waals surface area (Å²) in [5, 5.41) is 15.4. The lowest BCUT2D eigenvalue weighted by molar-refractivity contribution is 0.277. The molecule has 1 aromatic heterocycles. The molecular weight excluding hydrogens is 270 g/mol. The lowest BCUT2D eigenvalue weighted by Crippen LogP contribution is -2.22. The summed E-state index contributed by atoms with van der Waals surface area (Å²) in [6.45, 7) is 7.67. The van der Waals surface area contributed by atoms with E-state index < -0.39 is 0 Å². The number of ether oxygens (including phenoxy) is 1. The summed E-state index contributed by atoms with van der Waals surface area (Å²) in [6.07, 6.45) is 3.43. The van der Waals surface area contributed by atoms with Gasteiger partial charge in [0.25, 0.3) is 0 Å². The van der Waals surface area contributed by atoms with Crippen molar-refractivity contribution in [2.45, 2.75) is 52.5 Å². The third-order valence-corrected chi connectivity index (χ3v) is 2.89. The Labute approximate surface area is 126 Å². The zero-order chi connectivity index (χ0) is 15.5. The van der Waals surface area contributed by atoms with Crippen LogP contribution >= 0.6 is 0 Å². The van der Waals surface area contributed by atoms with E-state index >= 15 is 0 Å². The summed E-state index contributed by atoms with van der Waals surface area (Å²) < 4.78 is 5.50. The molecule has 1 atom stereocenters. The third kappa shape index (κ3) is 6.57. The zero-order valence-corrected chi connectivity index (χ0v) is 13.2. The van der Waals surface area contributed by atoms with Crippen LogP contribution in [0.2, 0.25) is 0 Å². The Kier molecular flexibility index (Phi) is 8.42. The Bertz CT molecular complexity index is 377. The third-order valence-electron chi connectivity index (χ3n) is 2.89. The first-order valence-electron chi connectivity index (χ1n) is 7.73. The van der Waals surface area contributed by atoms with Gasteiger partial charge < -0.3 is 20.5 Å². The standard InChI is InChI=1S/C14H27N5O2/c1-4-8-15-12-17-13(16-11(6-3)7-9-20)19-14(18-12)21-10-5-2/h11,20H,4-10H2,1-3H3,(H2,15,16,17,18,19). The second-order valence-electron chi connectivity index (χ2n) is 4.80. The van der Waals surface area contributed by atoms with E-state index in [1.807, 2.05) is 6.92 Å². The van der Waals surface area contributed by atoms with Crippen molar-refractivity contribution in [2.24, 2.45) is 0 Å². The lowest BCUT2D eigenvalue weighted by atomic mass is 10.2. The minimum atomic E-state index is 0.135. The van der Waals surface area contributed by atoms with Crippen molar-refractivity contribution in [2.75, 3.05) is 30.4 Å². The second-order valence-corrected chi connectivity index (χ2v) is 4.80. The number of hydrogen-bond acceptors (Lipinski definition) is 7. The number of hydrogen-bond donors (Lipinski definition) is 3. The highest BCUT2D eigenvalue weighted by Gasteiger charge is 2.11. The topological polar surface area (TPSA) is 92.2 Å². The predicted octanol–water partition coefficient (Wildman–Crippen LogP) is 2.06. The fourth-order valence-corrected chi connectivity index (χ4v) is 1.71. The summed E-state index contributed by atoms with van der Waals surface area (Å²) in [5.74, 6) is 0.995. The maximum Gasteiger partial charge on any atom is 0.323 e. The van der Waals surface area contributed by atoms with Crippen LogP contribution in [0.4, 0.5) is 11.9 Å². The number of nitrogens with zero attached hydrogens (tertiary/aromatic N) is 3. The van der Waals surface area contributed by atoms with E-state index in [9.17, 15) is 0 Å². The molecule has 120 valence electrons. The first-order valence-corrected chi connectivity index (χ1v) is 7.73. The first kappa shape index (κ1) is 17.4. The quantitative estimate of drug-likeness (QED) is 0.575. The van der Waals surface area contributed by atoms with Crippen molar-refractivity contribution in [3.63, 3.8) is 0 Å². The number of anilines is 2. The fourth-order valence-electron chi connectivity index (χ4n) is 1.71. The molecule has 0 amide bonds. The Morgan fingerprint density at radius 3 is 2.48 bits per heavy atom. The molecule has 0 spiro atoms. The van der Waals surface area contributed by atoms with Crippen LogP contribution in [0.15, 0.2) is 0 Å². The molecule has 21 heavy (non-hydrogen) atoms. The molecule has 0 aliphatic heterocycles. The van der Waals surface area contributed by atoms with Gasteiger partial charge in [0, 0.05) is 19.2 Å². The SMILES string of the molecule is CCCNc1nc(NC(CC)CCO)nc(OCCC)n1. The predicted molar refractivity (Wildman–Crippen MR) is 83.8 cm³/mol. The average Bonchev–Trinajstić information content (AvgIpc) is 2.50. The van der Waals surface area contributed by atoms with Crippen LogP contribution in [0.5, 0.6) is 6.01 Å². The van der Waals surface area contributed by atoms with Gasteiger partial charge in [0.05, 0.1) is 6.61 Å². The molecule has 0 fully saturated rings. The van der Waals surface area contributed by atoms with Crippen LogP contribution in [-0.2, 0) is 0 Å². The number of aliphatic hydroxyl groups is 1. The highest BCUT2D eigenvalue weighted by atomic mass is 16.5. The molecule has 0 saturated heterocycles. The van der Waals surface area contributed by atoms with Crippen molar-refractivity contribution < 1.29 is 9.84 Å². The molecule has 3 N–H and O–H groups in total. The van der Waals surface area contributed by atoms with Crippen LogP contribution < -0.4 is 15.4 Å². The van der Waals surface area contributed by atoms with Crippen LogP contribution in [0.3, 0.4) is 0 Å². The van der Waals surface area contributed by atoms with Crippen molar-refractivity contribution in [1.82, 2.24) is 15.0 Å². The molecule has 0 bridgehead atoms. The Morgan fingerprint density at radius 2 is 1.86 bits per heavy atom. The molecule has 1 aromatic rings. The molecule has 0 aromatic carbocycles. The van der Waals surface area contributed by atoms with Gasteiger partial charge in [-0.25, -0.2) is 0 Å². The van der Waals surface area contributed by atoms with Gasteiger partial charge in [0.1, 0.15) is 0 Å². The zero-order valence-electron chi connectivity index (χ0n) is 13.2. The number of aliphatic hydroxyl groups excluding tert-OH is 1. The van der Waals surface area contributed by atoms with Crippen LogP contribution in [0, 0.1) is 0 Å². The summed E-state index contributed by atoms with van der Waals surface area (Å²) >= 11 is 0. The molecular formula is C14H27N5O2. The molecule has 7 heteroatoms. The summed E-state index contributed by atoms with van der Waals surface area (Å²) in [7, 11) is 0. The van der Waals surface area contributed by atoms with Gasteiger partial charge in [-0.3, -0.25) is 0 Å². The van der Waals surface area contributed by atoms with Gasteiger partial charge in [-0.15, -0.1) is 0 Å². The number of nitrogens with one attached hydrogen (secondary N) is 2. The van der Waals surface area contributed by atoms with E-state index in [-0.39, 0.29) is 12.6 Å². The highest BCUT2D eigenvalue weighted by molar-refractivity contribution is 5.36. The van der Waals surface area contributed by atoms with Crippen molar-refractivity contribution in [3.05, 3.63) is 0 Å². The molecule has 1 rings (SSSR count). The van der Waals surface area contributed by atoms with Gasteiger partial charge in [0.15, 0.2) is 0 Å². The molecule has 1 heterocycles. The van der Waals surface area contributed by atoms with Crippen molar-refractivity contribution >= 4 is 11.9 Å². The van der Waals surface area contributed by atoms with E-state index in [1.165, 1.54) is 0 Å². The van der Waals surface area contributed by atoms with E-state index in [0.717, 1.165) is 25.8 Å². The molecule has 7 nitrogen and oxygen atoms in total. The first-order chi connectivity index (χ1) is 10.2. The fraction of sp³-hybridized carbons (Fsp3) is 0.786. The molecule has 0 aliphatic rings. The summed E-state index contributed by atoms with van der Waals surface area (Å²) in [6, 6.07) is 0.460. The molecule has 0 saturated carbocycles. The van der Waals surface area contributed by atoms with E-state index in [1.54, 1.807) is 0 Å². The highest BCUT2D eigenvalue weighted by Crippen LogP contribution is 2.14. The maximum atomic E-state index is 9.06. The monoisotopic (exact) mass is 297 g/mol. The minimum Gasteiger partial charge on any atom is -0.463 e. The van der Waals surface area contributed by atoms with Crippen LogP contribution in [-0.4, -0.2) is 45.9 Å². The van der Waals surface area contributed by atoms with Crippen LogP contribution in [0.25, 0.3) is 0 Å². The number of rotatable bonds is 11. The van der Waals surface area contributed by atoms with E-state index in [4.69, 9.17) is 9.84 Å².